The van der Waals surface area contributed by atoms with Crippen LogP contribution in [0.4, 0.5) is 0 Å². The molecule has 0 atom stereocenters. The zero-order valence-corrected chi connectivity index (χ0v) is 17.0. The van der Waals surface area contributed by atoms with E-state index in [1.54, 1.807) is 6.33 Å². The molecule has 2 fully saturated rings. The minimum atomic E-state index is 0.208. The molecule has 0 aliphatic carbocycles. The minimum absolute atomic E-state index is 0.208. The van der Waals surface area contributed by atoms with Crippen molar-refractivity contribution in [2.75, 3.05) is 72.6 Å². The van der Waals surface area contributed by atoms with Gasteiger partial charge in [0, 0.05) is 65.8 Å². The summed E-state index contributed by atoms with van der Waals surface area (Å²) in [6.45, 7) is 10.3. The number of carbonyl (C=O) groups excluding carboxylic acids is 1. The van der Waals surface area contributed by atoms with Crippen molar-refractivity contribution in [2.24, 2.45) is 4.99 Å². The van der Waals surface area contributed by atoms with Gasteiger partial charge in [-0.15, -0.1) is 10.2 Å². The summed E-state index contributed by atoms with van der Waals surface area (Å²) in [6.07, 6.45) is 2.65. The van der Waals surface area contributed by atoms with Gasteiger partial charge in [-0.05, 0) is 0 Å². The molecule has 1 amide bonds. The number of nitrogens with zero attached hydrogens (tertiary/aromatic N) is 7. The van der Waals surface area contributed by atoms with E-state index in [1.807, 2.05) is 11.9 Å². The van der Waals surface area contributed by atoms with Crippen LogP contribution in [0.25, 0.3) is 0 Å². The molecular formula is C18H32N8O2. The molecule has 3 heterocycles. The van der Waals surface area contributed by atoms with Crippen LogP contribution in [0.5, 0.6) is 0 Å². The number of amides is 1. The molecule has 2 saturated heterocycles. The third-order valence-corrected chi connectivity index (χ3v) is 5.25. The van der Waals surface area contributed by atoms with Crippen molar-refractivity contribution < 1.29 is 9.53 Å². The molecule has 0 unspecified atom stereocenters. The summed E-state index contributed by atoms with van der Waals surface area (Å²) in [5.41, 5.74) is 0. The van der Waals surface area contributed by atoms with Gasteiger partial charge in [0.1, 0.15) is 12.2 Å². The predicted octanol–water partition coefficient (Wildman–Crippen LogP) is -1.11. The fraction of sp³-hybridized carbons (Fsp3) is 0.778. The Kier molecular flexibility index (Phi) is 7.61. The van der Waals surface area contributed by atoms with Crippen molar-refractivity contribution >= 4 is 11.9 Å². The molecule has 0 bridgehead atoms. The molecular weight excluding hydrogens is 360 g/mol. The molecule has 0 spiro atoms. The van der Waals surface area contributed by atoms with E-state index >= 15 is 0 Å². The topological polar surface area (TPSA) is 91.1 Å². The van der Waals surface area contributed by atoms with Gasteiger partial charge < -0.3 is 24.4 Å². The van der Waals surface area contributed by atoms with Gasteiger partial charge in [-0.2, -0.15) is 0 Å². The number of nitrogens with one attached hydrogen (secondary N) is 1. The van der Waals surface area contributed by atoms with Crippen LogP contribution in [0, 0.1) is 0 Å². The van der Waals surface area contributed by atoms with E-state index in [9.17, 15) is 4.79 Å². The second-order valence-electron chi connectivity index (χ2n) is 7.02. The van der Waals surface area contributed by atoms with Crippen molar-refractivity contribution in [3.8, 4) is 0 Å². The first-order valence-electron chi connectivity index (χ1n) is 10.1. The van der Waals surface area contributed by atoms with Gasteiger partial charge in [-0.3, -0.25) is 14.7 Å². The first-order valence-corrected chi connectivity index (χ1v) is 10.1. The van der Waals surface area contributed by atoms with Crippen LogP contribution >= 0.6 is 0 Å². The van der Waals surface area contributed by atoms with Crippen molar-refractivity contribution in [1.82, 2.24) is 34.8 Å². The van der Waals surface area contributed by atoms with Gasteiger partial charge in [0.15, 0.2) is 5.96 Å². The lowest BCUT2D eigenvalue weighted by molar-refractivity contribution is -0.136. The highest BCUT2D eigenvalue weighted by molar-refractivity contribution is 5.80. The van der Waals surface area contributed by atoms with Gasteiger partial charge in [-0.25, -0.2) is 0 Å². The monoisotopic (exact) mass is 392 g/mol. The second kappa shape index (κ2) is 10.4. The fourth-order valence-electron chi connectivity index (χ4n) is 3.58. The van der Waals surface area contributed by atoms with Gasteiger partial charge in [0.2, 0.25) is 5.91 Å². The Labute approximate surface area is 166 Å². The maximum atomic E-state index is 12.4. The van der Waals surface area contributed by atoms with E-state index in [-0.39, 0.29) is 5.91 Å². The predicted molar refractivity (Wildman–Crippen MR) is 106 cm³/mol. The van der Waals surface area contributed by atoms with Crippen LogP contribution in [0.3, 0.4) is 0 Å². The van der Waals surface area contributed by atoms with Crippen LogP contribution in [0.15, 0.2) is 11.3 Å². The molecule has 28 heavy (non-hydrogen) atoms. The maximum Gasteiger partial charge on any atom is 0.236 e. The van der Waals surface area contributed by atoms with Crippen molar-refractivity contribution in [3.63, 3.8) is 0 Å². The van der Waals surface area contributed by atoms with Gasteiger partial charge >= 0.3 is 0 Å². The average molecular weight is 393 g/mol. The Morgan fingerprint density at radius 2 is 1.93 bits per heavy atom. The summed E-state index contributed by atoms with van der Waals surface area (Å²) in [5, 5.41) is 11.5. The van der Waals surface area contributed by atoms with E-state index in [0.717, 1.165) is 57.5 Å². The van der Waals surface area contributed by atoms with Crippen LogP contribution in [0.1, 0.15) is 12.7 Å². The number of rotatable bonds is 6. The fourth-order valence-corrected chi connectivity index (χ4v) is 3.58. The number of aliphatic imine (C=N–C) groups is 1. The Bertz CT molecular complexity index is 648. The number of hydrogen-bond donors (Lipinski definition) is 1. The number of morpholine rings is 1. The first-order chi connectivity index (χ1) is 13.7. The zero-order chi connectivity index (χ0) is 19.8. The van der Waals surface area contributed by atoms with Crippen molar-refractivity contribution in [3.05, 3.63) is 12.2 Å². The molecule has 1 N–H and O–H groups in total. The van der Waals surface area contributed by atoms with E-state index in [2.05, 4.69) is 41.8 Å². The number of ether oxygens (including phenoxy) is 1. The smallest absolute Gasteiger partial charge is 0.236 e. The molecule has 2 aliphatic heterocycles. The van der Waals surface area contributed by atoms with E-state index in [4.69, 9.17) is 4.74 Å². The molecule has 1 aromatic rings. The summed E-state index contributed by atoms with van der Waals surface area (Å²) in [6, 6.07) is 0. The quantitative estimate of drug-likeness (QED) is 0.485. The maximum absolute atomic E-state index is 12.4. The van der Waals surface area contributed by atoms with Crippen LogP contribution in [-0.4, -0.2) is 114 Å². The van der Waals surface area contributed by atoms with E-state index in [1.165, 1.54) is 0 Å². The Morgan fingerprint density at radius 1 is 1.18 bits per heavy atom. The molecule has 10 nitrogen and oxygen atoms in total. The SMILES string of the molecule is CCc1nncn1CCNC(=NC)N1CCN(CC(=O)N2CCOCC2)CC1. The van der Waals surface area contributed by atoms with E-state index < -0.39 is 0 Å². The third-order valence-electron chi connectivity index (χ3n) is 5.25. The third kappa shape index (κ3) is 5.41. The van der Waals surface area contributed by atoms with Crippen molar-refractivity contribution in [2.45, 2.75) is 19.9 Å². The Hall–Kier alpha value is -2.20. The summed E-state index contributed by atoms with van der Waals surface area (Å²) in [7, 11) is 1.81. The zero-order valence-electron chi connectivity index (χ0n) is 17.0. The van der Waals surface area contributed by atoms with Gasteiger partial charge in [-0.1, -0.05) is 6.92 Å². The van der Waals surface area contributed by atoms with Gasteiger partial charge in [0.05, 0.1) is 19.8 Å². The van der Waals surface area contributed by atoms with Crippen LogP contribution in [-0.2, 0) is 22.5 Å². The standard InChI is InChI=1S/C18H32N8O2/c1-3-16-22-21-15-26(16)5-4-20-18(19-2)25-8-6-23(7-9-25)14-17(27)24-10-12-28-13-11-24/h15H,3-14H2,1-2H3,(H,19,20). The summed E-state index contributed by atoms with van der Waals surface area (Å²) in [4.78, 5) is 23.2. The van der Waals surface area contributed by atoms with Crippen LogP contribution < -0.4 is 5.32 Å². The number of aryl methyl sites for hydroxylation is 1. The molecule has 0 aromatic carbocycles. The van der Waals surface area contributed by atoms with Crippen LogP contribution in [0.2, 0.25) is 0 Å². The molecule has 2 aliphatic rings. The number of aromatic nitrogens is 3. The second-order valence-corrected chi connectivity index (χ2v) is 7.02. The highest BCUT2D eigenvalue weighted by Crippen LogP contribution is 2.05. The summed E-state index contributed by atoms with van der Waals surface area (Å²) in [5.74, 6) is 2.11. The lowest BCUT2D eigenvalue weighted by Crippen LogP contribution is -2.55. The number of hydrogen-bond acceptors (Lipinski definition) is 6. The normalized spacial score (nSPS) is 19.1. The van der Waals surface area contributed by atoms with Crippen molar-refractivity contribution in [1.29, 1.82) is 0 Å². The highest BCUT2D eigenvalue weighted by Gasteiger charge is 2.24. The molecule has 0 radical (unpaired) electrons. The highest BCUT2D eigenvalue weighted by atomic mass is 16.5. The molecule has 1 aromatic heterocycles. The Morgan fingerprint density at radius 3 is 2.61 bits per heavy atom. The lowest BCUT2D eigenvalue weighted by Gasteiger charge is -2.37. The summed E-state index contributed by atoms with van der Waals surface area (Å²) >= 11 is 0. The largest absolute Gasteiger partial charge is 0.378 e. The molecule has 156 valence electrons. The average Bonchev–Trinajstić information content (AvgIpc) is 3.20. The van der Waals surface area contributed by atoms with Gasteiger partial charge in [0.25, 0.3) is 0 Å². The number of carbonyl (C=O) groups is 1. The molecule has 10 heteroatoms. The molecule has 0 saturated carbocycles. The summed E-state index contributed by atoms with van der Waals surface area (Å²) < 4.78 is 7.38. The lowest BCUT2D eigenvalue weighted by atomic mass is 10.3. The Balaban J connectivity index is 1.39. The van der Waals surface area contributed by atoms with E-state index in [0.29, 0.717) is 32.8 Å². The molecule has 3 rings (SSSR count). The first kappa shape index (κ1) is 20.5. The number of piperazine rings is 1. The number of guanidine groups is 1. The minimum Gasteiger partial charge on any atom is -0.378 e.